The van der Waals surface area contributed by atoms with Crippen molar-refractivity contribution in [1.29, 1.82) is 0 Å². The Hall–Kier alpha value is -4.88. The number of carbonyl (C=O) groups is 2. The minimum atomic E-state index is -0.923. The van der Waals surface area contributed by atoms with Crippen molar-refractivity contribution in [2.75, 3.05) is 12.4 Å². The van der Waals surface area contributed by atoms with Crippen LogP contribution >= 0.6 is 11.6 Å². The Kier molecular flexibility index (Phi) is 9.77. The molecule has 0 aliphatic carbocycles. The van der Waals surface area contributed by atoms with Gasteiger partial charge in [0.05, 0.1) is 20.1 Å². The van der Waals surface area contributed by atoms with Gasteiger partial charge in [0.25, 0.3) is 5.56 Å². The number of hydrogen-bond donors (Lipinski definition) is 2. The number of fused-ring (bicyclic) bond motifs is 1. The summed E-state index contributed by atoms with van der Waals surface area (Å²) in [7, 11) is 1.60. The normalized spacial score (nSPS) is 11.6. The first-order valence-corrected chi connectivity index (χ1v) is 14.9. The molecule has 2 amide bonds. The molecule has 2 N–H and O–H groups in total. The number of benzene rings is 4. The smallest absolute Gasteiger partial charge is 0.274 e. The number of alkyl halides is 1. The number of nitrogens with zero attached hydrogens (tertiary/aromatic N) is 1. The highest BCUT2D eigenvalue weighted by atomic mass is 35.5. The molecular weight excluding hydrogens is 574 g/mol. The number of ether oxygens (including phenoxy) is 1. The molecule has 0 aliphatic heterocycles. The van der Waals surface area contributed by atoms with Gasteiger partial charge in [-0.1, -0.05) is 78.9 Å². The number of halogens is 1. The molecule has 1 atom stereocenters. The molecule has 0 bridgehead atoms. The number of nitrogens with one attached hydrogen (secondary N) is 2. The Morgan fingerprint density at radius 2 is 1.55 bits per heavy atom. The van der Waals surface area contributed by atoms with Crippen molar-refractivity contribution in [3.05, 3.63) is 141 Å². The molecule has 8 heteroatoms. The Bertz CT molecular complexity index is 1830. The molecule has 0 fully saturated rings. The topological polar surface area (TPSA) is 89.4 Å². The Balaban J connectivity index is 1.38. The summed E-state index contributed by atoms with van der Waals surface area (Å²) in [6.07, 6.45) is 2.05. The summed E-state index contributed by atoms with van der Waals surface area (Å²) < 4.78 is 6.77. The summed E-state index contributed by atoms with van der Waals surface area (Å²) in [6, 6.07) is 29.6. The molecule has 0 aliphatic rings. The first kappa shape index (κ1) is 30.6. The van der Waals surface area contributed by atoms with Crippen LogP contribution < -0.4 is 20.9 Å². The lowest BCUT2D eigenvalue weighted by Crippen LogP contribution is -2.46. The maximum Gasteiger partial charge on any atom is 0.274 e. The lowest BCUT2D eigenvalue weighted by molar-refractivity contribution is -0.126. The van der Waals surface area contributed by atoms with E-state index in [0.717, 1.165) is 38.8 Å². The van der Waals surface area contributed by atoms with Gasteiger partial charge in [-0.2, -0.15) is 0 Å². The van der Waals surface area contributed by atoms with Crippen LogP contribution in [0, 0.1) is 6.92 Å². The summed E-state index contributed by atoms with van der Waals surface area (Å²) >= 11 is 5.96. The SMILES string of the molecule is COc1ccc(Cn2ccc(C)c(NC(=O)C(Cc3ccc(CCl)cc3)NC(=O)Cc3cccc4ccccc34)c2=O)cc1. The fraction of sp³-hybridized carbons (Fsp3) is 0.194. The van der Waals surface area contributed by atoms with E-state index in [4.69, 9.17) is 16.3 Å². The van der Waals surface area contributed by atoms with Crippen molar-refractivity contribution in [2.45, 2.75) is 38.2 Å². The van der Waals surface area contributed by atoms with Gasteiger partial charge in [0.15, 0.2) is 0 Å². The van der Waals surface area contributed by atoms with Gasteiger partial charge in [0, 0.05) is 18.5 Å². The average Bonchev–Trinajstić information content (AvgIpc) is 3.05. The Morgan fingerprint density at radius 3 is 2.27 bits per heavy atom. The maximum atomic E-state index is 13.8. The van der Waals surface area contributed by atoms with Gasteiger partial charge in [-0.15, -0.1) is 11.6 Å². The quantitative estimate of drug-likeness (QED) is 0.180. The van der Waals surface area contributed by atoms with Crippen LogP contribution in [0.5, 0.6) is 5.75 Å². The van der Waals surface area contributed by atoms with Crippen LogP contribution in [0.2, 0.25) is 0 Å². The lowest BCUT2D eigenvalue weighted by Gasteiger charge is -2.20. The molecule has 0 spiro atoms. The van der Waals surface area contributed by atoms with E-state index in [1.807, 2.05) is 91.0 Å². The van der Waals surface area contributed by atoms with Gasteiger partial charge in [-0.05, 0) is 63.7 Å². The Morgan fingerprint density at radius 1 is 0.864 bits per heavy atom. The second-order valence-corrected chi connectivity index (χ2v) is 11.0. The van der Waals surface area contributed by atoms with Crippen LogP contribution in [0.4, 0.5) is 5.69 Å². The third kappa shape index (κ3) is 7.36. The molecule has 1 heterocycles. The van der Waals surface area contributed by atoms with Gasteiger partial charge in [0.1, 0.15) is 17.5 Å². The first-order valence-electron chi connectivity index (χ1n) is 14.4. The Labute approximate surface area is 261 Å². The van der Waals surface area contributed by atoms with E-state index in [0.29, 0.717) is 18.0 Å². The summed E-state index contributed by atoms with van der Waals surface area (Å²) in [4.78, 5) is 40.7. The lowest BCUT2D eigenvalue weighted by atomic mass is 10.0. The van der Waals surface area contributed by atoms with Gasteiger partial charge in [-0.25, -0.2) is 0 Å². The molecule has 44 heavy (non-hydrogen) atoms. The minimum absolute atomic E-state index is 0.106. The van der Waals surface area contributed by atoms with Crippen LogP contribution in [-0.4, -0.2) is 29.5 Å². The zero-order valence-corrected chi connectivity index (χ0v) is 25.4. The second kappa shape index (κ2) is 14.1. The predicted molar refractivity (Wildman–Crippen MR) is 175 cm³/mol. The molecule has 0 saturated carbocycles. The number of aromatic nitrogens is 1. The molecule has 1 unspecified atom stereocenters. The molecule has 4 aromatic carbocycles. The van der Waals surface area contributed by atoms with Crippen LogP contribution in [0.1, 0.15) is 27.8 Å². The van der Waals surface area contributed by atoms with Crippen molar-refractivity contribution in [2.24, 2.45) is 0 Å². The van der Waals surface area contributed by atoms with Crippen molar-refractivity contribution >= 4 is 39.9 Å². The standard InChI is InChI=1S/C36H34ClN3O4/c1-24-18-19-40(23-27-14-16-30(44-2)17-15-27)36(43)34(24)39-35(42)32(20-25-10-12-26(22-37)13-11-25)38-33(41)21-29-8-5-7-28-6-3-4-9-31(28)29/h3-19,32H,20-23H2,1-2H3,(H,38,41)(H,39,42). The van der Waals surface area contributed by atoms with Crippen LogP contribution in [0.25, 0.3) is 10.8 Å². The van der Waals surface area contributed by atoms with E-state index in [9.17, 15) is 14.4 Å². The summed E-state index contributed by atoms with van der Waals surface area (Å²) in [5, 5.41) is 7.80. The van der Waals surface area contributed by atoms with Crippen molar-refractivity contribution in [3.63, 3.8) is 0 Å². The highest BCUT2D eigenvalue weighted by molar-refractivity contribution is 6.17. The first-order chi connectivity index (χ1) is 21.3. The summed E-state index contributed by atoms with van der Waals surface area (Å²) in [5.41, 5.74) is 4.05. The molecular formula is C36H34ClN3O4. The van der Waals surface area contributed by atoms with Crippen LogP contribution in [0.3, 0.4) is 0 Å². The van der Waals surface area contributed by atoms with Gasteiger partial charge in [0.2, 0.25) is 11.8 Å². The number of anilines is 1. The number of aryl methyl sites for hydroxylation is 1. The van der Waals surface area contributed by atoms with E-state index in [1.54, 1.807) is 30.9 Å². The second-order valence-electron chi connectivity index (χ2n) is 10.7. The number of rotatable bonds is 11. The van der Waals surface area contributed by atoms with E-state index < -0.39 is 11.9 Å². The molecule has 224 valence electrons. The van der Waals surface area contributed by atoms with Gasteiger partial charge >= 0.3 is 0 Å². The highest BCUT2D eigenvalue weighted by Gasteiger charge is 2.24. The van der Waals surface area contributed by atoms with Crippen molar-refractivity contribution in [1.82, 2.24) is 9.88 Å². The van der Waals surface area contributed by atoms with E-state index in [-0.39, 0.29) is 30.0 Å². The maximum absolute atomic E-state index is 13.8. The fourth-order valence-corrected chi connectivity index (χ4v) is 5.33. The predicted octanol–water partition coefficient (Wildman–Crippen LogP) is 6.01. The molecule has 7 nitrogen and oxygen atoms in total. The van der Waals surface area contributed by atoms with Crippen molar-refractivity contribution in [3.8, 4) is 5.75 Å². The summed E-state index contributed by atoms with van der Waals surface area (Å²) in [6.45, 7) is 2.10. The third-order valence-electron chi connectivity index (χ3n) is 7.63. The zero-order chi connectivity index (χ0) is 31.1. The number of pyridine rings is 1. The fourth-order valence-electron chi connectivity index (χ4n) is 5.15. The molecule has 5 aromatic rings. The van der Waals surface area contributed by atoms with Crippen LogP contribution in [0.15, 0.2) is 108 Å². The van der Waals surface area contributed by atoms with Crippen LogP contribution in [-0.2, 0) is 34.9 Å². The zero-order valence-electron chi connectivity index (χ0n) is 24.7. The molecule has 0 saturated heterocycles. The van der Waals surface area contributed by atoms with Gasteiger partial charge < -0.3 is 19.9 Å². The van der Waals surface area contributed by atoms with Crippen molar-refractivity contribution < 1.29 is 14.3 Å². The highest BCUT2D eigenvalue weighted by Crippen LogP contribution is 2.20. The number of amides is 2. The number of carbonyl (C=O) groups excluding carboxylic acids is 2. The monoisotopic (exact) mass is 607 g/mol. The summed E-state index contributed by atoms with van der Waals surface area (Å²) in [5.74, 6) is 0.339. The number of methoxy groups -OCH3 is 1. The molecule has 0 radical (unpaired) electrons. The molecule has 5 rings (SSSR count). The van der Waals surface area contributed by atoms with Gasteiger partial charge in [-0.3, -0.25) is 14.4 Å². The number of hydrogen-bond acceptors (Lipinski definition) is 4. The third-order valence-corrected chi connectivity index (χ3v) is 7.94. The minimum Gasteiger partial charge on any atom is -0.497 e. The van der Waals surface area contributed by atoms with E-state index in [1.165, 1.54) is 0 Å². The van der Waals surface area contributed by atoms with E-state index >= 15 is 0 Å². The average molecular weight is 608 g/mol. The molecule has 1 aromatic heterocycles. The largest absolute Gasteiger partial charge is 0.497 e. The van der Waals surface area contributed by atoms with E-state index in [2.05, 4.69) is 10.6 Å².